The lowest BCUT2D eigenvalue weighted by molar-refractivity contribution is 0.0332. The smallest absolute Gasteiger partial charge is 0.148 e. The molecule has 4 nitrogen and oxygen atoms in total. The van der Waals surface area contributed by atoms with Gasteiger partial charge in [-0.25, -0.2) is 8.42 Å². The molecule has 13 heavy (non-hydrogen) atoms. The average molecular weight is 205 g/mol. The van der Waals surface area contributed by atoms with Crippen molar-refractivity contribution in [2.75, 3.05) is 31.7 Å². The van der Waals surface area contributed by atoms with Crippen molar-refractivity contribution in [3.05, 3.63) is 0 Å². The molecule has 2 fully saturated rings. The van der Waals surface area contributed by atoms with E-state index in [1.807, 2.05) is 0 Å². The van der Waals surface area contributed by atoms with Crippen LogP contribution >= 0.6 is 0 Å². The SMILES string of the molecule is CS(=O)(=O)CCN1C[C@@H]2C[C@H]1CO2. The molecule has 0 unspecified atom stereocenters. The van der Waals surface area contributed by atoms with Crippen LogP contribution in [0.5, 0.6) is 0 Å². The fourth-order valence-corrected chi connectivity index (χ4v) is 2.60. The molecule has 0 spiro atoms. The van der Waals surface area contributed by atoms with Crippen molar-refractivity contribution in [2.24, 2.45) is 0 Å². The molecule has 0 aromatic rings. The number of ether oxygens (including phenoxy) is 1. The van der Waals surface area contributed by atoms with Gasteiger partial charge in [-0.15, -0.1) is 0 Å². The van der Waals surface area contributed by atoms with Crippen LogP contribution in [0.4, 0.5) is 0 Å². The van der Waals surface area contributed by atoms with E-state index in [0.29, 0.717) is 18.7 Å². The van der Waals surface area contributed by atoms with Gasteiger partial charge in [0.1, 0.15) is 9.84 Å². The molecule has 2 heterocycles. The monoisotopic (exact) mass is 205 g/mol. The maximum absolute atomic E-state index is 10.9. The summed E-state index contributed by atoms with van der Waals surface area (Å²) in [6.45, 7) is 2.37. The zero-order valence-corrected chi connectivity index (χ0v) is 8.59. The molecule has 0 aromatic heterocycles. The highest BCUT2D eigenvalue weighted by Crippen LogP contribution is 2.27. The zero-order valence-electron chi connectivity index (χ0n) is 7.77. The first-order valence-corrected chi connectivity index (χ1v) is 6.64. The van der Waals surface area contributed by atoms with Gasteiger partial charge in [-0.05, 0) is 6.42 Å². The first-order chi connectivity index (χ1) is 6.04. The topological polar surface area (TPSA) is 46.6 Å². The Morgan fingerprint density at radius 3 is 2.77 bits per heavy atom. The molecule has 2 aliphatic heterocycles. The second-order valence-corrected chi connectivity index (χ2v) is 6.23. The molecule has 0 aliphatic carbocycles. The highest BCUT2D eigenvalue weighted by atomic mass is 32.2. The highest BCUT2D eigenvalue weighted by Gasteiger charge is 2.38. The van der Waals surface area contributed by atoms with E-state index in [1.165, 1.54) is 6.26 Å². The average Bonchev–Trinajstić information content (AvgIpc) is 2.58. The van der Waals surface area contributed by atoms with Gasteiger partial charge in [-0.1, -0.05) is 0 Å². The second kappa shape index (κ2) is 3.22. The summed E-state index contributed by atoms with van der Waals surface area (Å²) in [4.78, 5) is 2.23. The first kappa shape index (κ1) is 9.43. The van der Waals surface area contributed by atoms with E-state index in [1.54, 1.807) is 0 Å². The van der Waals surface area contributed by atoms with Crippen molar-refractivity contribution < 1.29 is 13.2 Å². The molecule has 2 saturated heterocycles. The van der Waals surface area contributed by atoms with Gasteiger partial charge in [-0.2, -0.15) is 0 Å². The molecule has 0 amide bonds. The van der Waals surface area contributed by atoms with E-state index in [4.69, 9.17) is 4.74 Å². The number of likely N-dealkylation sites (tertiary alicyclic amines) is 1. The van der Waals surface area contributed by atoms with Crippen molar-refractivity contribution in [3.8, 4) is 0 Å². The summed E-state index contributed by atoms with van der Waals surface area (Å²) >= 11 is 0. The summed E-state index contributed by atoms with van der Waals surface area (Å²) in [6, 6.07) is 0.478. The highest BCUT2D eigenvalue weighted by molar-refractivity contribution is 7.90. The minimum Gasteiger partial charge on any atom is -0.375 e. The Kier molecular flexibility index (Phi) is 2.33. The number of hydrogen-bond donors (Lipinski definition) is 0. The molecule has 0 aromatic carbocycles. The van der Waals surface area contributed by atoms with Crippen LogP contribution in [-0.4, -0.2) is 57.2 Å². The van der Waals surface area contributed by atoms with Gasteiger partial charge in [0.15, 0.2) is 0 Å². The lowest BCUT2D eigenvalue weighted by Gasteiger charge is -2.25. The molecule has 2 atom stereocenters. The second-order valence-electron chi connectivity index (χ2n) is 3.97. The van der Waals surface area contributed by atoms with Gasteiger partial charge in [-0.3, -0.25) is 4.90 Å². The third kappa shape index (κ3) is 2.21. The largest absolute Gasteiger partial charge is 0.375 e. The van der Waals surface area contributed by atoms with Gasteiger partial charge in [0.25, 0.3) is 0 Å². The maximum Gasteiger partial charge on any atom is 0.148 e. The Morgan fingerprint density at radius 1 is 1.54 bits per heavy atom. The molecule has 2 rings (SSSR count). The molecule has 76 valence electrons. The third-order valence-corrected chi connectivity index (χ3v) is 3.69. The van der Waals surface area contributed by atoms with E-state index in [2.05, 4.69) is 4.90 Å². The number of rotatable bonds is 3. The van der Waals surface area contributed by atoms with Crippen LogP contribution in [0.15, 0.2) is 0 Å². The Morgan fingerprint density at radius 2 is 2.31 bits per heavy atom. The predicted molar refractivity (Wildman–Crippen MR) is 49.4 cm³/mol. The minimum absolute atomic E-state index is 0.274. The molecule has 2 aliphatic rings. The number of sulfone groups is 1. The van der Waals surface area contributed by atoms with Crippen molar-refractivity contribution >= 4 is 9.84 Å². The van der Waals surface area contributed by atoms with Gasteiger partial charge in [0, 0.05) is 25.4 Å². The van der Waals surface area contributed by atoms with E-state index in [-0.39, 0.29) is 5.75 Å². The summed E-state index contributed by atoms with van der Waals surface area (Å²) in [7, 11) is -2.81. The van der Waals surface area contributed by atoms with Gasteiger partial charge < -0.3 is 4.74 Å². The quantitative estimate of drug-likeness (QED) is 0.623. The third-order valence-electron chi connectivity index (χ3n) is 2.76. The van der Waals surface area contributed by atoms with Crippen molar-refractivity contribution in [1.29, 1.82) is 0 Å². The van der Waals surface area contributed by atoms with E-state index < -0.39 is 9.84 Å². The van der Waals surface area contributed by atoms with Crippen molar-refractivity contribution in [1.82, 2.24) is 4.90 Å². The van der Waals surface area contributed by atoms with Gasteiger partial charge in [0.05, 0.1) is 18.5 Å². The Bertz CT molecular complexity index is 288. The molecule has 5 heteroatoms. The summed E-state index contributed by atoms with van der Waals surface area (Å²) in [6.07, 6.45) is 2.74. The fourth-order valence-electron chi connectivity index (χ4n) is 2.04. The normalized spacial score (nSPS) is 34.2. The number of hydrogen-bond acceptors (Lipinski definition) is 4. The molecule has 0 saturated carbocycles. The molecule has 0 N–H and O–H groups in total. The predicted octanol–water partition coefficient (Wildman–Crippen LogP) is -0.496. The van der Waals surface area contributed by atoms with Crippen LogP contribution in [0.3, 0.4) is 0 Å². The van der Waals surface area contributed by atoms with Crippen molar-refractivity contribution in [3.63, 3.8) is 0 Å². The Labute approximate surface area is 78.8 Å². The van der Waals surface area contributed by atoms with Crippen LogP contribution < -0.4 is 0 Å². The van der Waals surface area contributed by atoms with Crippen molar-refractivity contribution in [2.45, 2.75) is 18.6 Å². The lowest BCUT2D eigenvalue weighted by atomic mass is 10.2. The van der Waals surface area contributed by atoms with Gasteiger partial charge >= 0.3 is 0 Å². The number of nitrogens with zero attached hydrogens (tertiary/aromatic N) is 1. The summed E-state index contributed by atoms with van der Waals surface area (Å²) in [5, 5.41) is 0. The van der Waals surface area contributed by atoms with E-state index in [9.17, 15) is 8.42 Å². The molecular weight excluding hydrogens is 190 g/mol. The van der Waals surface area contributed by atoms with E-state index >= 15 is 0 Å². The van der Waals surface area contributed by atoms with Crippen LogP contribution in [0, 0.1) is 0 Å². The van der Waals surface area contributed by atoms with E-state index in [0.717, 1.165) is 19.6 Å². The molecule has 0 radical (unpaired) electrons. The molecular formula is C8H15NO3S. The zero-order chi connectivity index (χ0) is 9.47. The van der Waals surface area contributed by atoms with Crippen LogP contribution in [0.1, 0.15) is 6.42 Å². The number of fused-ring (bicyclic) bond motifs is 2. The number of morpholine rings is 1. The maximum atomic E-state index is 10.9. The Hall–Kier alpha value is -0.130. The summed E-state index contributed by atoms with van der Waals surface area (Å²) < 4.78 is 27.3. The standard InChI is InChI=1S/C8H15NO3S/c1-13(10,11)3-2-9-5-8-4-7(9)6-12-8/h7-8H,2-6H2,1H3/t7-,8-/m0/s1. The summed E-state index contributed by atoms with van der Waals surface area (Å²) in [5.41, 5.74) is 0. The Balaban J connectivity index is 1.84. The lowest BCUT2D eigenvalue weighted by Crippen LogP contribution is -2.39. The fraction of sp³-hybridized carbons (Fsp3) is 1.00. The van der Waals surface area contributed by atoms with Gasteiger partial charge in [0.2, 0.25) is 0 Å². The van der Waals surface area contributed by atoms with Crippen LogP contribution in [-0.2, 0) is 14.6 Å². The van der Waals surface area contributed by atoms with Crippen LogP contribution in [0.25, 0.3) is 0 Å². The molecule has 2 bridgehead atoms. The minimum atomic E-state index is -2.81. The van der Waals surface area contributed by atoms with Crippen LogP contribution in [0.2, 0.25) is 0 Å². The first-order valence-electron chi connectivity index (χ1n) is 4.58. The summed E-state index contributed by atoms with van der Waals surface area (Å²) in [5.74, 6) is 0.274.